The molecule has 1 aromatic heterocycles. The van der Waals surface area contributed by atoms with Gasteiger partial charge >= 0.3 is 0 Å². The molecule has 1 aliphatic heterocycles. The van der Waals surface area contributed by atoms with Crippen LogP contribution in [0.3, 0.4) is 0 Å². The normalized spacial score (nSPS) is 18.5. The van der Waals surface area contributed by atoms with Crippen molar-refractivity contribution in [2.75, 3.05) is 13.6 Å². The van der Waals surface area contributed by atoms with Gasteiger partial charge in [-0.25, -0.2) is 0 Å². The molecule has 4 heteroatoms. The van der Waals surface area contributed by atoms with Gasteiger partial charge in [-0.3, -0.25) is 9.88 Å². The lowest BCUT2D eigenvalue weighted by Gasteiger charge is -2.19. The van der Waals surface area contributed by atoms with Crippen molar-refractivity contribution in [2.24, 2.45) is 5.16 Å². The summed E-state index contributed by atoms with van der Waals surface area (Å²) < 4.78 is 0. The molecule has 19 heavy (non-hydrogen) atoms. The number of hydrogen-bond donors (Lipinski definition) is 0. The fourth-order valence-corrected chi connectivity index (χ4v) is 2.24. The minimum atomic E-state index is 0.204. The van der Waals surface area contributed by atoms with Gasteiger partial charge in [0.1, 0.15) is 6.10 Å². The van der Waals surface area contributed by atoms with Crippen LogP contribution in [0.1, 0.15) is 37.9 Å². The predicted molar refractivity (Wildman–Crippen MR) is 77.2 cm³/mol. The van der Waals surface area contributed by atoms with E-state index in [0.29, 0.717) is 0 Å². The van der Waals surface area contributed by atoms with Gasteiger partial charge < -0.3 is 4.84 Å². The standard InChI is InChI=1S/C15H23N3O/c1-4-12-6-7-14(16-9-12)10-18(3)11-15-8-13(5-2)17-19-15/h6-7,9,15H,4-5,8,10-11H2,1-3H3/t15-/m1/s1. The van der Waals surface area contributed by atoms with E-state index in [2.05, 4.69) is 48.1 Å². The number of hydrogen-bond acceptors (Lipinski definition) is 4. The van der Waals surface area contributed by atoms with Crippen molar-refractivity contribution in [1.29, 1.82) is 0 Å². The molecular weight excluding hydrogens is 238 g/mol. The summed E-state index contributed by atoms with van der Waals surface area (Å²) in [5.41, 5.74) is 3.56. The Kier molecular flexibility index (Phi) is 4.91. The summed E-state index contributed by atoms with van der Waals surface area (Å²) in [6.45, 7) is 6.01. The number of pyridine rings is 1. The SMILES string of the molecule is CCC1=NO[C@@H](CN(C)Cc2ccc(CC)cn2)C1. The maximum absolute atomic E-state index is 5.43. The van der Waals surface area contributed by atoms with Gasteiger partial charge in [0, 0.05) is 25.7 Å². The van der Waals surface area contributed by atoms with E-state index in [4.69, 9.17) is 4.84 Å². The molecule has 0 saturated heterocycles. The van der Waals surface area contributed by atoms with Crippen LogP contribution in [-0.2, 0) is 17.8 Å². The Bertz CT molecular complexity index is 428. The van der Waals surface area contributed by atoms with E-state index in [1.54, 1.807) is 0 Å². The Balaban J connectivity index is 1.79. The van der Waals surface area contributed by atoms with Gasteiger partial charge in [0.15, 0.2) is 0 Å². The van der Waals surface area contributed by atoms with E-state index < -0.39 is 0 Å². The minimum absolute atomic E-state index is 0.204. The quantitative estimate of drug-likeness (QED) is 0.790. The van der Waals surface area contributed by atoms with Crippen molar-refractivity contribution in [3.63, 3.8) is 0 Å². The first-order chi connectivity index (χ1) is 9.21. The summed E-state index contributed by atoms with van der Waals surface area (Å²) in [5.74, 6) is 0. The zero-order chi connectivity index (χ0) is 13.7. The van der Waals surface area contributed by atoms with Crippen LogP contribution in [0.15, 0.2) is 23.5 Å². The molecule has 0 N–H and O–H groups in total. The van der Waals surface area contributed by atoms with E-state index in [1.165, 1.54) is 11.3 Å². The molecule has 1 atom stereocenters. The number of nitrogens with zero attached hydrogens (tertiary/aromatic N) is 3. The van der Waals surface area contributed by atoms with Crippen molar-refractivity contribution in [2.45, 2.75) is 45.8 Å². The number of aromatic nitrogens is 1. The van der Waals surface area contributed by atoms with Crippen LogP contribution in [0.25, 0.3) is 0 Å². The second-order valence-electron chi connectivity index (χ2n) is 5.15. The van der Waals surface area contributed by atoms with E-state index >= 15 is 0 Å². The molecule has 1 aliphatic rings. The first-order valence-electron chi connectivity index (χ1n) is 7.05. The van der Waals surface area contributed by atoms with Crippen molar-refractivity contribution < 1.29 is 4.84 Å². The molecule has 104 valence electrons. The number of aryl methyl sites for hydroxylation is 1. The molecule has 2 rings (SSSR count). The highest BCUT2D eigenvalue weighted by Gasteiger charge is 2.21. The second kappa shape index (κ2) is 6.66. The summed E-state index contributed by atoms with van der Waals surface area (Å²) >= 11 is 0. The lowest BCUT2D eigenvalue weighted by atomic mass is 10.1. The van der Waals surface area contributed by atoms with Gasteiger partial charge in [0.2, 0.25) is 0 Å². The summed E-state index contributed by atoms with van der Waals surface area (Å²) in [5, 5.41) is 4.09. The van der Waals surface area contributed by atoms with Gasteiger partial charge in [-0.1, -0.05) is 25.1 Å². The zero-order valence-electron chi connectivity index (χ0n) is 12.1. The van der Waals surface area contributed by atoms with Gasteiger partial charge in [-0.15, -0.1) is 0 Å². The third-order valence-corrected chi connectivity index (χ3v) is 3.44. The summed E-state index contributed by atoms with van der Waals surface area (Å²) in [7, 11) is 2.10. The van der Waals surface area contributed by atoms with Crippen molar-refractivity contribution in [3.05, 3.63) is 29.6 Å². The summed E-state index contributed by atoms with van der Waals surface area (Å²) in [6, 6.07) is 4.26. The minimum Gasteiger partial charge on any atom is -0.391 e. The molecule has 0 aliphatic carbocycles. The lowest BCUT2D eigenvalue weighted by Crippen LogP contribution is -2.29. The molecule has 2 heterocycles. The third kappa shape index (κ3) is 4.03. The smallest absolute Gasteiger partial charge is 0.145 e. The second-order valence-corrected chi connectivity index (χ2v) is 5.15. The lowest BCUT2D eigenvalue weighted by molar-refractivity contribution is 0.0574. The Labute approximate surface area is 115 Å². The van der Waals surface area contributed by atoms with E-state index in [1.807, 2.05) is 6.20 Å². The fourth-order valence-electron chi connectivity index (χ4n) is 2.24. The number of rotatable bonds is 6. The van der Waals surface area contributed by atoms with Crippen LogP contribution < -0.4 is 0 Å². The molecule has 0 aromatic carbocycles. The van der Waals surface area contributed by atoms with Crippen molar-refractivity contribution >= 4 is 5.71 Å². The summed E-state index contributed by atoms with van der Waals surface area (Å²) in [6.07, 6.45) is 5.15. The largest absolute Gasteiger partial charge is 0.391 e. The van der Waals surface area contributed by atoms with Crippen LogP contribution in [-0.4, -0.2) is 35.3 Å². The Morgan fingerprint density at radius 2 is 2.16 bits per heavy atom. The number of likely N-dealkylation sites (N-methyl/N-ethyl adjacent to an activating group) is 1. The van der Waals surface area contributed by atoms with Gasteiger partial charge in [-0.2, -0.15) is 0 Å². The maximum Gasteiger partial charge on any atom is 0.145 e. The first-order valence-corrected chi connectivity index (χ1v) is 7.05. The molecule has 0 amide bonds. The summed E-state index contributed by atoms with van der Waals surface area (Å²) in [4.78, 5) is 12.2. The maximum atomic E-state index is 5.43. The highest BCUT2D eigenvalue weighted by atomic mass is 16.6. The van der Waals surface area contributed by atoms with Crippen LogP contribution >= 0.6 is 0 Å². The Hall–Kier alpha value is -1.42. The van der Waals surface area contributed by atoms with E-state index in [0.717, 1.165) is 38.0 Å². The van der Waals surface area contributed by atoms with Crippen LogP contribution in [0.5, 0.6) is 0 Å². The van der Waals surface area contributed by atoms with Gasteiger partial charge in [0.25, 0.3) is 0 Å². The first kappa shape index (κ1) is 14.0. The molecule has 0 unspecified atom stereocenters. The molecule has 0 saturated carbocycles. The molecular formula is C15H23N3O. The molecule has 4 nitrogen and oxygen atoms in total. The average Bonchev–Trinajstić information content (AvgIpc) is 2.87. The van der Waals surface area contributed by atoms with Gasteiger partial charge in [0.05, 0.1) is 11.4 Å². The molecule has 0 bridgehead atoms. The highest BCUT2D eigenvalue weighted by molar-refractivity contribution is 5.85. The van der Waals surface area contributed by atoms with E-state index in [9.17, 15) is 0 Å². The van der Waals surface area contributed by atoms with Crippen molar-refractivity contribution in [1.82, 2.24) is 9.88 Å². The molecule has 1 aromatic rings. The predicted octanol–water partition coefficient (Wildman–Crippen LogP) is 2.63. The van der Waals surface area contributed by atoms with Crippen LogP contribution in [0.2, 0.25) is 0 Å². The fraction of sp³-hybridized carbons (Fsp3) is 0.600. The third-order valence-electron chi connectivity index (χ3n) is 3.44. The topological polar surface area (TPSA) is 37.7 Å². The Morgan fingerprint density at radius 1 is 1.32 bits per heavy atom. The Morgan fingerprint density at radius 3 is 2.74 bits per heavy atom. The zero-order valence-corrected chi connectivity index (χ0v) is 12.1. The van der Waals surface area contributed by atoms with Crippen LogP contribution in [0.4, 0.5) is 0 Å². The molecule has 0 radical (unpaired) electrons. The average molecular weight is 261 g/mol. The van der Waals surface area contributed by atoms with Crippen molar-refractivity contribution in [3.8, 4) is 0 Å². The number of oxime groups is 1. The molecule has 0 spiro atoms. The molecule has 0 fully saturated rings. The van der Waals surface area contributed by atoms with Crippen LogP contribution in [0, 0.1) is 0 Å². The monoisotopic (exact) mass is 261 g/mol. The highest BCUT2D eigenvalue weighted by Crippen LogP contribution is 2.14. The van der Waals surface area contributed by atoms with E-state index in [-0.39, 0.29) is 6.10 Å². The van der Waals surface area contributed by atoms with Gasteiger partial charge in [-0.05, 0) is 31.5 Å².